The van der Waals surface area contributed by atoms with Gasteiger partial charge in [0.2, 0.25) is 0 Å². The zero-order chi connectivity index (χ0) is 10.7. The Labute approximate surface area is 86.6 Å². The lowest BCUT2D eigenvalue weighted by atomic mass is 10.0. The summed E-state index contributed by atoms with van der Waals surface area (Å²) in [6.45, 7) is 4.83. The van der Waals surface area contributed by atoms with Crippen molar-refractivity contribution in [1.29, 1.82) is 0 Å². The largest absolute Gasteiger partial charge is 0.390 e. The SMILES string of the molecule is CC(C)(O)CCOCC1(N)CCCC1. The lowest BCUT2D eigenvalue weighted by molar-refractivity contribution is 0.0158. The van der Waals surface area contributed by atoms with E-state index in [9.17, 15) is 5.11 Å². The van der Waals surface area contributed by atoms with Crippen LogP contribution < -0.4 is 5.73 Å². The van der Waals surface area contributed by atoms with Crippen molar-refractivity contribution >= 4 is 0 Å². The van der Waals surface area contributed by atoms with Gasteiger partial charge in [-0.3, -0.25) is 0 Å². The molecule has 3 N–H and O–H groups in total. The molecular formula is C11H23NO2. The van der Waals surface area contributed by atoms with Crippen LogP contribution in [0.1, 0.15) is 46.0 Å². The van der Waals surface area contributed by atoms with E-state index < -0.39 is 5.60 Å². The van der Waals surface area contributed by atoms with E-state index >= 15 is 0 Å². The normalized spacial score (nSPS) is 21.4. The van der Waals surface area contributed by atoms with E-state index in [1.54, 1.807) is 13.8 Å². The second kappa shape index (κ2) is 4.60. The van der Waals surface area contributed by atoms with Gasteiger partial charge in [0.1, 0.15) is 0 Å². The Morgan fingerprint density at radius 1 is 1.36 bits per heavy atom. The molecule has 0 aromatic carbocycles. The molecular weight excluding hydrogens is 178 g/mol. The zero-order valence-electron chi connectivity index (χ0n) is 9.38. The fraction of sp³-hybridized carbons (Fsp3) is 1.00. The zero-order valence-corrected chi connectivity index (χ0v) is 9.38. The third-order valence-corrected chi connectivity index (χ3v) is 2.85. The number of rotatable bonds is 5. The highest BCUT2D eigenvalue weighted by molar-refractivity contribution is 4.88. The van der Waals surface area contributed by atoms with Gasteiger partial charge in [-0.15, -0.1) is 0 Å². The van der Waals surface area contributed by atoms with Crippen LogP contribution in [0.2, 0.25) is 0 Å². The van der Waals surface area contributed by atoms with Crippen LogP contribution in [-0.2, 0) is 4.74 Å². The molecule has 0 spiro atoms. The Morgan fingerprint density at radius 3 is 2.43 bits per heavy atom. The Balaban J connectivity index is 2.09. The Morgan fingerprint density at radius 2 is 1.93 bits per heavy atom. The Bertz CT molecular complexity index is 169. The molecule has 0 aromatic heterocycles. The van der Waals surface area contributed by atoms with Crippen LogP contribution in [-0.4, -0.2) is 29.5 Å². The summed E-state index contributed by atoms with van der Waals surface area (Å²) in [7, 11) is 0. The summed E-state index contributed by atoms with van der Waals surface area (Å²) in [6.07, 6.45) is 5.28. The van der Waals surface area contributed by atoms with E-state index in [1.165, 1.54) is 12.8 Å². The molecule has 1 rings (SSSR count). The lowest BCUT2D eigenvalue weighted by Gasteiger charge is -2.24. The van der Waals surface area contributed by atoms with Crippen molar-refractivity contribution in [3.63, 3.8) is 0 Å². The average molecular weight is 201 g/mol. The summed E-state index contributed by atoms with van der Waals surface area (Å²) < 4.78 is 5.51. The van der Waals surface area contributed by atoms with Gasteiger partial charge in [0.05, 0.1) is 12.2 Å². The minimum absolute atomic E-state index is 0.0837. The summed E-state index contributed by atoms with van der Waals surface area (Å²) in [5.74, 6) is 0. The van der Waals surface area contributed by atoms with Crippen molar-refractivity contribution in [3.05, 3.63) is 0 Å². The third kappa shape index (κ3) is 4.40. The summed E-state index contributed by atoms with van der Waals surface area (Å²) in [5.41, 5.74) is 5.41. The van der Waals surface area contributed by atoms with Crippen molar-refractivity contribution in [3.8, 4) is 0 Å². The maximum atomic E-state index is 9.46. The molecule has 1 fully saturated rings. The molecule has 1 aliphatic rings. The molecule has 0 amide bonds. The molecule has 3 heteroatoms. The van der Waals surface area contributed by atoms with Crippen LogP contribution in [0.25, 0.3) is 0 Å². The Kier molecular flexibility index (Phi) is 3.93. The van der Waals surface area contributed by atoms with E-state index in [-0.39, 0.29) is 5.54 Å². The molecule has 0 atom stereocenters. The van der Waals surface area contributed by atoms with E-state index in [4.69, 9.17) is 10.5 Å². The van der Waals surface area contributed by atoms with Gasteiger partial charge in [-0.25, -0.2) is 0 Å². The smallest absolute Gasteiger partial charge is 0.0646 e. The van der Waals surface area contributed by atoms with E-state index in [0.29, 0.717) is 19.6 Å². The van der Waals surface area contributed by atoms with Gasteiger partial charge >= 0.3 is 0 Å². The van der Waals surface area contributed by atoms with Crippen LogP contribution >= 0.6 is 0 Å². The van der Waals surface area contributed by atoms with E-state index in [1.807, 2.05) is 0 Å². The molecule has 14 heavy (non-hydrogen) atoms. The van der Waals surface area contributed by atoms with Gasteiger partial charge in [-0.05, 0) is 33.1 Å². The first kappa shape index (κ1) is 12.0. The number of ether oxygens (including phenoxy) is 1. The second-order valence-electron chi connectivity index (χ2n) is 5.18. The van der Waals surface area contributed by atoms with Crippen LogP contribution in [0.15, 0.2) is 0 Å². The summed E-state index contributed by atoms with van der Waals surface area (Å²) >= 11 is 0. The molecule has 0 aliphatic heterocycles. The van der Waals surface area contributed by atoms with Gasteiger partial charge in [0.15, 0.2) is 0 Å². The Hall–Kier alpha value is -0.120. The minimum atomic E-state index is -0.628. The average Bonchev–Trinajstić information content (AvgIpc) is 2.45. The van der Waals surface area contributed by atoms with Crippen molar-refractivity contribution in [2.24, 2.45) is 5.73 Å². The van der Waals surface area contributed by atoms with Gasteiger partial charge in [-0.1, -0.05) is 12.8 Å². The predicted octanol–water partition coefficient (Wildman–Crippen LogP) is 1.44. The quantitative estimate of drug-likeness (QED) is 0.662. The number of hydrogen-bond acceptors (Lipinski definition) is 3. The molecule has 0 aromatic rings. The summed E-state index contributed by atoms with van der Waals surface area (Å²) in [4.78, 5) is 0. The number of nitrogens with two attached hydrogens (primary N) is 1. The molecule has 0 saturated heterocycles. The van der Waals surface area contributed by atoms with Gasteiger partial charge in [-0.2, -0.15) is 0 Å². The van der Waals surface area contributed by atoms with Crippen molar-refractivity contribution in [2.45, 2.75) is 57.1 Å². The monoisotopic (exact) mass is 201 g/mol. The summed E-state index contributed by atoms with van der Waals surface area (Å²) in [5, 5.41) is 9.46. The predicted molar refractivity (Wildman–Crippen MR) is 57.1 cm³/mol. The first-order chi connectivity index (χ1) is 6.41. The van der Waals surface area contributed by atoms with Crippen LogP contribution in [0, 0.1) is 0 Å². The van der Waals surface area contributed by atoms with Crippen LogP contribution in [0.5, 0.6) is 0 Å². The van der Waals surface area contributed by atoms with Gasteiger partial charge in [0.25, 0.3) is 0 Å². The minimum Gasteiger partial charge on any atom is -0.390 e. The standard InChI is InChI=1S/C11H23NO2/c1-10(2,13)7-8-14-9-11(12)5-3-4-6-11/h13H,3-9,12H2,1-2H3. The molecule has 84 valence electrons. The fourth-order valence-corrected chi connectivity index (χ4v) is 1.82. The van der Waals surface area contributed by atoms with Crippen molar-refractivity contribution in [2.75, 3.05) is 13.2 Å². The highest BCUT2D eigenvalue weighted by Crippen LogP contribution is 2.27. The molecule has 0 bridgehead atoms. The molecule has 0 radical (unpaired) electrons. The highest BCUT2D eigenvalue weighted by atomic mass is 16.5. The third-order valence-electron chi connectivity index (χ3n) is 2.85. The number of aliphatic hydroxyl groups is 1. The summed E-state index contributed by atoms with van der Waals surface area (Å²) in [6, 6.07) is 0. The molecule has 0 unspecified atom stereocenters. The number of hydrogen-bond donors (Lipinski definition) is 2. The highest BCUT2D eigenvalue weighted by Gasteiger charge is 2.29. The molecule has 1 aliphatic carbocycles. The maximum absolute atomic E-state index is 9.46. The van der Waals surface area contributed by atoms with Crippen molar-refractivity contribution in [1.82, 2.24) is 0 Å². The van der Waals surface area contributed by atoms with Gasteiger partial charge in [0, 0.05) is 12.1 Å². The van der Waals surface area contributed by atoms with Crippen LogP contribution in [0.4, 0.5) is 0 Å². The topological polar surface area (TPSA) is 55.5 Å². The maximum Gasteiger partial charge on any atom is 0.0646 e. The lowest BCUT2D eigenvalue weighted by Crippen LogP contribution is -2.41. The van der Waals surface area contributed by atoms with E-state index in [2.05, 4.69) is 0 Å². The molecule has 1 saturated carbocycles. The van der Waals surface area contributed by atoms with Crippen molar-refractivity contribution < 1.29 is 9.84 Å². The fourth-order valence-electron chi connectivity index (χ4n) is 1.82. The second-order valence-corrected chi connectivity index (χ2v) is 5.18. The van der Waals surface area contributed by atoms with Crippen LogP contribution in [0.3, 0.4) is 0 Å². The first-order valence-electron chi connectivity index (χ1n) is 5.50. The van der Waals surface area contributed by atoms with E-state index in [0.717, 1.165) is 12.8 Å². The first-order valence-corrected chi connectivity index (χ1v) is 5.50. The van der Waals surface area contributed by atoms with Gasteiger partial charge < -0.3 is 15.6 Å². The molecule has 0 heterocycles. The molecule has 3 nitrogen and oxygen atoms in total.